The lowest BCUT2D eigenvalue weighted by Crippen LogP contribution is -2.47. The predicted molar refractivity (Wildman–Crippen MR) is 169 cm³/mol. The third-order valence-electron chi connectivity index (χ3n) is 7.62. The number of ether oxygens (including phenoxy) is 3. The molecule has 2 N–H and O–H groups in total. The lowest BCUT2D eigenvalue weighted by molar-refractivity contribution is -0.156. The second-order valence-electron chi connectivity index (χ2n) is 11.8. The van der Waals surface area contributed by atoms with E-state index in [1.54, 1.807) is 49.2 Å². The topological polar surface area (TPSA) is 180 Å². The Kier molecular flexibility index (Phi) is 10.5. The Balaban J connectivity index is 1.40. The van der Waals surface area contributed by atoms with Crippen LogP contribution in [-0.4, -0.2) is 76.2 Å². The predicted octanol–water partition coefficient (Wildman–Crippen LogP) is 2.67. The highest BCUT2D eigenvalue weighted by molar-refractivity contribution is 7.52. The number of esters is 2. The number of rotatable bonds is 13. The first kappa shape index (κ1) is 35.0. The largest absolute Gasteiger partial charge is 0.462 e. The molecule has 0 spiro atoms. The molecule has 0 aliphatic carbocycles. The molecule has 0 amide bonds. The first-order chi connectivity index (χ1) is 22.8. The van der Waals surface area contributed by atoms with Crippen molar-refractivity contribution in [3.63, 3.8) is 0 Å². The summed E-state index contributed by atoms with van der Waals surface area (Å²) in [5, 5.41) is 2.53. The molecule has 2 aliphatic rings. The van der Waals surface area contributed by atoms with Crippen LogP contribution in [0.4, 0.5) is 10.2 Å². The van der Waals surface area contributed by atoms with Crippen LogP contribution in [0.25, 0.3) is 0 Å². The smallest absolute Gasteiger partial charge is 0.459 e. The van der Waals surface area contributed by atoms with Gasteiger partial charge in [-0.1, -0.05) is 24.3 Å². The van der Waals surface area contributed by atoms with Gasteiger partial charge in [-0.3, -0.25) is 28.5 Å². The first-order valence-electron chi connectivity index (χ1n) is 15.3. The van der Waals surface area contributed by atoms with Crippen molar-refractivity contribution in [1.82, 2.24) is 19.6 Å². The van der Waals surface area contributed by atoms with Gasteiger partial charge in [-0.25, -0.2) is 18.7 Å². The second kappa shape index (κ2) is 14.4. The van der Waals surface area contributed by atoms with Gasteiger partial charge < -0.3 is 23.6 Å². The molecular weight excluding hydrogens is 652 g/mol. The zero-order chi connectivity index (χ0) is 34.6. The standard InChI is InChI=1S/C31H37FN5O10P/c1-19(2)44-28(40)20(3)35-48(42,47-22-10-6-5-7-11-22)43-18-23-26(31(4,32)29(45-23)37-16-13-24(38)34-30(37)41)46-25(39)17-36-15-12-21-9-8-14-33-27(21)36/h5-11,13-14,16,19-20,23,26,29H,12,15,17-18H2,1-4H3,(H,35,42)(H,34,38,41)/t20-,23+,26+,29+,31+,48-/m0/s1. The number of H-pyrrole nitrogens is 1. The average Bonchev–Trinajstić information content (AvgIpc) is 3.53. The Hall–Kier alpha value is -4.37. The van der Waals surface area contributed by atoms with Crippen molar-refractivity contribution in [3.8, 4) is 5.75 Å². The van der Waals surface area contributed by atoms with Gasteiger partial charge in [0.1, 0.15) is 30.3 Å². The van der Waals surface area contributed by atoms with E-state index in [9.17, 15) is 23.7 Å². The molecule has 1 aromatic carbocycles. The van der Waals surface area contributed by atoms with Crippen molar-refractivity contribution in [2.45, 2.75) is 70.4 Å². The summed E-state index contributed by atoms with van der Waals surface area (Å²) in [6.07, 6.45) is -2.02. The van der Waals surface area contributed by atoms with Crippen molar-refractivity contribution >= 4 is 25.5 Å². The summed E-state index contributed by atoms with van der Waals surface area (Å²) in [5.41, 5.74) is -3.31. The van der Waals surface area contributed by atoms with Gasteiger partial charge in [0.05, 0.1) is 12.7 Å². The maximum Gasteiger partial charge on any atom is 0.459 e. The van der Waals surface area contributed by atoms with E-state index in [0.717, 1.165) is 29.3 Å². The normalized spacial score (nSPS) is 23.7. The van der Waals surface area contributed by atoms with Crippen molar-refractivity contribution in [2.24, 2.45) is 0 Å². The fourth-order valence-electron chi connectivity index (χ4n) is 5.41. The number of para-hydroxylation sites is 1. The van der Waals surface area contributed by atoms with Gasteiger partial charge in [0.2, 0.25) is 0 Å². The molecule has 0 bridgehead atoms. The number of nitrogens with zero attached hydrogens (tertiary/aromatic N) is 3. The molecule has 2 aromatic heterocycles. The fourth-order valence-corrected chi connectivity index (χ4v) is 6.91. The second-order valence-corrected chi connectivity index (χ2v) is 13.5. The summed E-state index contributed by atoms with van der Waals surface area (Å²) in [7, 11) is -4.44. The van der Waals surface area contributed by atoms with Gasteiger partial charge in [0, 0.05) is 25.0 Å². The number of alkyl halides is 1. The maximum absolute atomic E-state index is 16.8. The molecule has 1 fully saturated rings. The van der Waals surface area contributed by atoms with Gasteiger partial charge in [0.15, 0.2) is 18.0 Å². The highest BCUT2D eigenvalue weighted by atomic mass is 31.2. The number of aromatic amines is 1. The molecule has 258 valence electrons. The zero-order valence-electron chi connectivity index (χ0n) is 26.7. The third kappa shape index (κ3) is 8.01. The lowest BCUT2D eigenvalue weighted by Gasteiger charge is -2.29. The van der Waals surface area contributed by atoms with Crippen molar-refractivity contribution in [2.75, 3.05) is 24.6 Å². The molecule has 0 unspecified atom stereocenters. The molecule has 4 heterocycles. The Morgan fingerprint density at radius 2 is 1.92 bits per heavy atom. The van der Waals surface area contributed by atoms with Crippen LogP contribution in [0.3, 0.4) is 0 Å². The summed E-state index contributed by atoms with van der Waals surface area (Å²) >= 11 is 0. The van der Waals surface area contributed by atoms with Crippen molar-refractivity contribution < 1.29 is 41.8 Å². The van der Waals surface area contributed by atoms with Gasteiger partial charge in [0.25, 0.3) is 5.56 Å². The summed E-state index contributed by atoms with van der Waals surface area (Å²) < 4.78 is 59.9. The molecule has 3 aromatic rings. The number of fused-ring (bicyclic) bond motifs is 1. The third-order valence-corrected chi connectivity index (χ3v) is 9.26. The molecular formula is C31H37FN5O10P. The van der Waals surface area contributed by atoms with Crippen LogP contribution >= 0.6 is 7.75 Å². The van der Waals surface area contributed by atoms with Crippen LogP contribution in [0.2, 0.25) is 0 Å². The van der Waals surface area contributed by atoms with Crippen LogP contribution in [-0.2, 0) is 39.3 Å². The molecule has 5 rings (SSSR count). The molecule has 48 heavy (non-hydrogen) atoms. The fraction of sp³-hybridized carbons (Fsp3) is 0.452. The first-order valence-corrected chi connectivity index (χ1v) is 16.8. The number of pyridine rings is 1. The summed E-state index contributed by atoms with van der Waals surface area (Å²) in [6.45, 7) is 5.30. The SMILES string of the molecule is CC(C)OC(=O)[C@H](C)N[P@](=O)(OC[C@H]1O[C@@H](n2ccc(=O)[nH]c2=O)[C@](C)(F)[C@@H]1OC(=O)CN1CCc2cccnc21)Oc1ccccc1. The van der Waals surface area contributed by atoms with E-state index < -0.39 is 73.8 Å². The van der Waals surface area contributed by atoms with Gasteiger partial charge >= 0.3 is 25.4 Å². The quantitative estimate of drug-likeness (QED) is 0.198. The van der Waals surface area contributed by atoms with Crippen molar-refractivity contribution in [1.29, 1.82) is 0 Å². The number of carbonyl (C=O) groups is 2. The molecule has 1 saturated heterocycles. The minimum Gasteiger partial charge on any atom is -0.462 e. The number of halogens is 1. The maximum atomic E-state index is 16.8. The molecule has 6 atom stereocenters. The van der Waals surface area contributed by atoms with Gasteiger partial charge in [-0.05, 0) is 57.9 Å². The Bertz CT molecular complexity index is 1780. The van der Waals surface area contributed by atoms with E-state index in [2.05, 4.69) is 10.1 Å². The Morgan fingerprint density at radius 3 is 2.62 bits per heavy atom. The van der Waals surface area contributed by atoms with Crippen LogP contribution < -0.4 is 25.8 Å². The molecule has 2 aliphatic heterocycles. The molecule has 0 radical (unpaired) electrons. The van der Waals surface area contributed by atoms with Gasteiger partial charge in [-0.15, -0.1) is 0 Å². The monoisotopic (exact) mass is 689 g/mol. The van der Waals surface area contributed by atoms with Crippen LogP contribution in [0.15, 0.2) is 70.5 Å². The zero-order valence-corrected chi connectivity index (χ0v) is 27.6. The highest BCUT2D eigenvalue weighted by Crippen LogP contribution is 2.48. The van der Waals surface area contributed by atoms with E-state index in [0.29, 0.717) is 18.8 Å². The summed E-state index contributed by atoms with van der Waals surface area (Å²) in [5.74, 6) is -0.827. The van der Waals surface area contributed by atoms with E-state index in [4.69, 9.17) is 23.3 Å². The minimum atomic E-state index is -4.44. The Morgan fingerprint density at radius 1 is 1.17 bits per heavy atom. The minimum absolute atomic E-state index is 0.126. The van der Waals surface area contributed by atoms with Crippen molar-refractivity contribution in [3.05, 3.63) is 87.3 Å². The lowest BCUT2D eigenvalue weighted by atomic mass is 9.98. The number of benzene rings is 1. The number of hydrogen-bond acceptors (Lipinski definition) is 12. The molecule has 15 nitrogen and oxygen atoms in total. The van der Waals surface area contributed by atoms with E-state index >= 15 is 4.39 Å². The van der Waals surface area contributed by atoms with Crippen LogP contribution in [0.5, 0.6) is 5.75 Å². The van der Waals surface area contributed by atoms with Crippen LogP contribution in [0.1, 0.15) is 39.5 Å². The Labute approximate surface area is 274 Å². The summed E-state index contributed by atoms with van der Waals surface area (Å²) in [6, 6.07) is 11.5. The average molecular weight is 690 g/mol. The van der Waals surface area contributed by atoms with E-state index in [1.165, 1.54) is 19.1 Å². The van der Waals surface area contributed by atoms with Gasteiger partial charge in [-0.2, -0.15) is 5.09 Å². The number of anilines is 1. The number of carbonyl (C=O) groups excluding carboxylic acids is 2. The van der Waals surface area contributed by atoms with Crippen LogP contribution in [0, 0.1) is 0 Å². The molecule has 0 saturated carbocycles. The highest BCUT2D eigenvalue weighted by Gasteiger charge is 2.59. The van der Waals surface area contributed by atoms with E-state index in [1.807, 2.05) is 11.1 Å². The van der Waals surface area contributed by atoms with E-state index in [-0.39, 0.29) is 12.3 Å². The molecule has 17 heteroatoms. The summed E-state index contributed by atoms with van der Waals surface area (Å²) in [4.78, 5) is 58.3. The number of nitrogens with one attached hydrogen (secondary N) is 2. The number of aromatic nitrogens is 3. The number of hydrogen-bond donors (Lipinski definition) is 2.